The molecule has 0 saturated carbocycles. The second-order valence-electron chi connectivity index (χ2n) is 4.48. The van der Waals surface area contributed by atoms with Gasteiger partial charge in [-0.2, -0.15) is 10.5 Å². The maximum Gasteiger partial charge on any atom is 0.143 e. The smallest absolute Gasteiger partial charge is 0.143 e. The Kier molecular flexibility index (Phi) is 3.34. The van der Waals surface area contributed by atoms with Crippen molar-refractivity contribution in [1.82, 2.24) is 4.98 Å². The van der Waals surface area contributed by atoms with E-state index < -0.39 is 0 Å². The van der Waals surface area contributed by atoms with E-state index in [0.29, 0.717) is 36.9 Å². The van der Waals surface area contributed by atoms with Gasteiger partial charge < -0.3 is 11.5 Å². The summed E-state index contributed by atoms with van der Waals surface area (Å²) in [6.45, 7) is 0. The third-order valence-electron chi connectivity index (χ3n) is 3.26. The van der Waals surface area contributed by atoms with Crippen molar-refractivity contribution in [3.05, 3.63) is 39.7 Å². The number of nitriles is 2. The van der Waals surface area contributed by atoms with Crippen molar-refractivity contribution in [2.75, 3.05) is 11.5 Å². The topological polar surface area (TPSA) is 113 Å². The van der Waals surface area contributed by atoms with Crippen LogP contribution in [0, 0.1) is 22.7 Å². The summed E-state index contributed by atoms with van der Waals surface area (Å²) in [5.41, 5.74) is 13.6. The van der Waals surface area contributed by atoms with Gasteiger partial charge in [0, 0.05) is 21.5 Å². The van der Waals surface area contributed by atoms with E-state index in [9.17, 15) is 5.26 Å². The van der Waals surface area contributed by atoms with Crippen LogP contribution in [0.1, 0.15) is 10.4 Å². The highest BCUT2D eigenvalue weighted by Crippen LogP contribution is 2.43. The van der Waals surface area contributed by atoms with Crippen LogP contribution in [0.25, 0.3) is 21.3 Å². The molecule has 0 bridgehead atoms. The molecular weight excluding hydrogens is 318 g/mol. The Morgan fingerprint density at radius 1 is 1.14 bits per heavy atom. The number of fused-ring (bicyclic) bond motifs is 1. The lowest BCUT2D eigenvalue weighted by atomic mass is 9.97. The van der Waals surface area contributed by atoms with Crippen molar-refractivity contribution in [1.29, 1.82) is 10.5 Å². The van der Waals surface area contributed by atoms with Crippen molar-refractivity contribution < 1.29 is 0 Å². The number of nitrogen functional groups attached to an aromatic ring is 2. The predicted molar refractivity (Wildman–Crippen MR) is 88.3 cm³/mol. The molecule has 0 spiro atoms. The Labute approximate surface area is 135 Å². The van der Waals surface area contributed by atoms with Crippen molar-refractivity contribution in [3.8, 4) is 23.3 Å². The first kappa shape index (κ1) is 14.2. The zero-order valence-corrected chi connectivity index (χ0v) is 12.7. The molecule has 106 valence electrons. The van der Waals surface area contributed by atoms with Crippen LogP contribution in [0.5, 0.6) is 0 Å². The first-order chi connectivity index (χ1) is 10.6. The molecule has 0 aliphatic rings. The normalized spacial score (nSPS) is 10.3. The molecule has 4 N–H and O–H groups in total. The minimum absolute atomic E-state index is 0.0932. The highest BCUT2D eigenvalue weighted by atomic mass is 35.5. The number of halogens is 1. The zero-order chi connectivity index (χ0) is 15.9. The van der Waals surface area contributed by atoms with Gasteiger partial charge in [-0.25, -0.2) is 4.98 Å². The number of hydrogen-bond acceptors (Lipinski definition) is 6. The van der Waals surface area contributed by atoms with Gasteiger partial charge in [0.25, 0.3) is 0 Å². The Morgan fingerprint density at radius 3 is 2.50 bits per heavy atom. The number of thiophene rings is 1. The molecule has 0 saturated heterocycles. The van der Waals surface area contributed by atoms with E-state index in [1.165, 1.54) is 0 Å². The van der Waals surface area contributed by atoms with E-state index in [0.717, 1.165) is 11.3 Å². The molecule has 22 heavy (non-hydrogen) atoms. The summed E-state index contributed by atoms with van der Waals surface area (Å²) in [7, 11) is 0. The molecule has 0 aliphatic heterocycles. The van der Waals surface area contributed by atoms with Crippen LogP contribution in [-0.2, 0) is 0 Å². The highest BCUT2D eigenvalue weighted by Gasteiger charge is 2.22. The fourth-order valence-corrected chi connectivity index (χ4v) is 3.44. The van der Waals surface area contributed by atoms with Crippen LogP contribution in [0.4, 0.5) is 11.5 Å². The van der Waals surface area contributed by atoms with E-state index in [2.05, 4.69) is 11.1 Å². The first-order valence-electron chi connectivity index (χ1n) is 6.15. The van der Waals surface area contributed by atoms with Crippen LogP contribution in [-0.4, -0.2) is 4.98 Å². The zero-order valence-electron chi connectivity index (χ0n) is 11.1. The molecule has 0 fully saturated rings. The van der Waals surface area contributed by atoms with Crippen LogP contribution >= 0.6 is 22.9 Å². The maximum absolute atomic E-state index is 9.45. The van der Waals surface area contributed by atoms with Gasteiger partial charge in [0.1, 0.15) is 33.2 Å². The van der Waals surface area contributed by atoms with E-state index in [4.69, 9.17) is 28.3 Å². The molecule has 3 aromatic rings. The Hall–Kier alpha value is -2.80. The highest BCUT2D eigenvalue weighted by molar-refractivity contribution is 7.20. The van der Waals surface area contributed by atoms with Gasteiger partial charge in [0.15, 0.2) is 0 Å². The van der Waals surface area contributed by atoms with E-state index in [1.807, 2.05) is 6.07 Å². The number of nitrogens with two attached hydrogens (primary N) is 2. The largest absolute Gasteiger partial charge is 0.396 e. The molecule has 3 rings (SSSR count). The molecule has 2 heterocycles. The molecule has 0 unspecified atom stereocenters. The standard InChI is InChI=1S/C15H8ClN5S/c16-9-4-2-1-3-7(9)11-8(5-17)14(20)21-15-12(11)13(19)10(6-18)22-15/h1-4H,19H2,(H2,20,21). The second-order valence-corrected chi connectivity index (χ2v) is 5.88. The summed E-state index contributed by atoms with van der Waals surface area (Å²) in [6, 6.07) is 11.2. The van der Waals surface area contributed by atoms with Crippen molar-refractivity contribution >= 4 is 44.7 Å². The third kappa shape index (κ3) is 1.94. The number of anilines is 2. The van der Waals surface area contributed by atoms with Crippen molar-refractivity contribution in [2.24, 2.45) is 0 Å². The first-order valence-corrected chi connectivity index (χ1v) is 7.34. The lowest BCUT2D eigenvalue weighted by Gasteiger charge is -2.10. The second kappa shape index (κ2) is 5.19. The average molecular weight is 326 g/mol. The number of benzene rings is 1. The summed E-state index contributed by atoms with van der Waals surface area (Å²) >= 11 is 7.40. The van der Waals surface area contributed by atoms with Gasteiger partial charge in [-0.3, -0.25) is 0 Å². The lowest BCUT2D eigenvalue weighted by molar-refractivity contribution is 1.39. The van der Waals surface area contributed by atoms with E-state index in [1.54, 1.807) is 24.3 Å². The fraction of sp³-hybridized carbons (Fsp3) is 0. The monoisotopic (exact) mass is 325 g/mol. The fourth-order valence-electron chi connectivity index (χ4n) is 2.30. The van der Waals surface area contributed by atoms with Gasteiger partial charge in [0.05, 0.1) is 5.69 Å². The van der Waals surface area contributed by atoms with Gasteiger partial charge >= 0.3 is 0 Å². The van der Waals surface area contributed by atoms with Gasteiger partial charge in [-0.05, 0) is 6.07 Å². The summed E-state index contributed by atoms with van der Waals surface area (Å²) < 4.78 is 0. The number of aromatic nitrogens is 1. The molecule has 5 nitrogen and oxygen atoms in total. The molecular formula is C15H8ClN5S. The average Bonchev–Trinajstić information content (AvgIpc) is 2.82. The summed E-state index contributed by atoms with van der Waals surface area (Å²) in [6.07, 6.45) is 0. The molecule has 0 radical (unpaired) electrons. The van der Waals surface area contributed by atoms with Gasteiger partial charge in [-0.1, -0.05) is 29.8 Å². The quantitative estimate of drug-likeness (QED) is 0.710. The predicted octanol–water partition coefficient (Wildman–Crippen LogP) is 3.52. The SMILES string of the molecule is N#Cc1sc2nc(N)c(C#N)c(-c3ccccc3Cl)c2c1N. The Balaban J connectivity index is 2.57. The minimum atomic E-state index is 0.0932. The number of nitrogens with zero attached hydrogens (tertiary/aromatic N) is 3. The van der Waals surface area contributed by atoms with E-state index >= 15 is 0 Å². The van der Waals surface area contributed by atoms with Crippen molar-refractivity contribution in [3.63, 3.8) is 0 Å². The molecule has 7 heteroatoms. The number of rotatable bonds is 1. The van der Waals surface area contributed by atoms with Crippen LogP contribution in [0.2, 0.25) is 5.02 Å². The lowest BCUT2D eigenvalue weighted by Crippen LogP contribution is -1.99. The van der Waals surface area contributed by atoms with E-state index in [-0.39, 0.29) is 11.4 Å². The summed E-state index contributed by atoms with van der Waals surface area (Å²) in [5, 5.41) is 19.6. The molecule has 0 atom stereocenters. The Morgan fingerprint density at radius 2 is 1.86 bits per heavy atom. The van der Waals surface area contributed by atoms with Crippen molar-refractivity contribution in [2.45, 2.75) is 0 Å². The van der Waals surface area contributed by atoms with Gasteiger partial charge in [0.2, 0.25) is 0 Å². The summed E-state index contributed by atoms with van der Waals surface area (Å²) in [5.74, 6) is 0.0932. The van der Waals surface area contributed by atoms with Crippen LogP contribution in [0.3, 0.4) is 0 Å². The molecule has 2 aromatic heterocycles. The number of hydrogen-bond donors (Lipinski definition) is 2. The number of pyridine rings is 1. The van der Waals surface area contributed by atoms with Gasteiger partial charge in [-0.15, -0.1) is 11.3 Å². The molecule has 0 aliphatic carbocycles. The van der Waals surface area contributed by atoms with Crippen LogP contribution in [0.15, 0.2) is 24.3 Å². The third-order valence-corrected chi connectivity index (χ3v) is 4.59. The summed E-state index contributed by atoms with van der Waals surface area (Å²) in [4.78, 5) is 5.04. The maximum atomic E-state index is 9.45. The minimum Gasteiger partial charge on any atom is -0.396 e. The van der Waals surface area contributed by atoms with Crippen LogP contribution < -0.4 is 11.5 Å². The Bertz CT molecular complexity index is 994. The molecule has 0 amide bonds. The molecule has 1 aromatic carbocycles.